The van der Waals surface area contributed by atoms with Crippen LogP contribution < -0.4 is 10.1 Å². The molecule has 0 bridgehead atoms. The number of piperazine rings is 1. The third-order valence-electron chi connectivity index (χ3n) is 4.40. The second-order valence-corrected chi connectivity index (χ2v) is 8.52. The highest BCUT2D eigenvalue weighted by atomic mass is 32.2. The Labute approximate surface area is 162 Å². The normalized spacial score (nSPS) is 17.9. The number of amides is 1. The largest absolute Gasteiger partial charge is 0.573 e. The molecular formula is C17H24F3N3O4S. The summed E-state index contributed by atoms with van der Waals surface area (Å²) >= 11 is 0. The summed E-state index contributed by atoms with van der Waals surface area (Å²) in [7, 11) is -3.96. The minimum absolute atomic E-state index is 0.0698. The van der Waals surface area contributed by atoms with Crippen LogP contribution in [0.1, 0.15) is 20.3 Å². The van der Waals surface area contributed by atoms with Crippen molar-refractivity contribution < 1.29 is 31.1 Å². The first kappa shape index (κ1) is 22.4. The molecule has 0 saturated carbocycles. The van der Waals surface area contributed by atoms with Crippen LogP contribution in [0, 0.1) is 0 Å². The van der Waals surface area contributed by atoms with Crippen LogP contribution >= 0.6 is 0 Å². The molecule has 1 aliphatic rings. The van der Waals surface area contributed by atoms with Crippen molar-refractivity contribution in [2.24, 2.45) is 0 Å². The summed E-state index contributed by atoms with van der Waals surface area (Å²) in [6.07, 6.45) is -4.08. The first-order valence-corrected chi connectivity index (χ1v) is 10.3. The van der Waals surface area contributed by atoms with Crippen LogP contribution in [-0.4, -0.2) is 68.7 Å². The van der Waals surface area contributed by atoms with Crippen LogP contribution in [0.5, 0.6) is 5.75 Å². The highest BCUT2D eigenvalue weighted by Crippen LogP contribution is 2.26. The number of ether oxygens (including phenoxy) is 1. The third kappa shape index (κ3) is 6.35. The second-order valence-electron chi connectivity index (χ2n) is 6.58. The molecule has 1 saturated heterocycles. The molecule has 1 unspecified atom stereocenters. The van der Waals surface area contributed by atoms with E-state index in [0.29, 0.717) is 13.1 Å². The average Bonchev–Trinajstić information content (AvgIpc) is 2.60. The Balaban J connectivity index is 1.98. The van der Waals surface area contributed by atoms with E-state index >= 15 is 0 Å². The van der Waals surface area contributed by atoms with Crippen LogP contribution in [0.3, 0.4) is 0 Å². The highest BCUT2D eigenvalue weighted by Gasteiger charge is 2.33. The number of carbonyl (C=O) groups is 1. The van der Waals surface area contributed by atoms with Crippen molar-refractivity contribution >= 4 is 15.9 Å². The molecule has 28 heavy (non-hydrogen) atoms. The molecule has 0 aliphatic carbocycles. The van der Waals surface area contributed by atoms with Gasteiger partial charge in [0.15, 0.2) is 0 Å². The number of hydrogen-bond acceptors (Lipinski definition) is 5. The number of carbonyl (C=O) groups excluding carboxylic acids is 1. The number of nitrogens with one attached hydrogen (secondary N) is 1. The Kier molecular flexibility index (Phi) is 7.29. The maximum absolute atomic E-state index is 12.7. The molecule has 158 valence electrons. The number of alkyl halides is 3. The zero-order valence-corrected chi connectivity index (χ0v) is 16.5. The van der Waals surface area contributed by atoms with Gasteiger partial charge in [-0.1, -0.05) is 13.0 Å². The molecule has 2 rings (SSSR count). The van der Waals surface area contributed by atoms with E-state index in [9.17, 15) is 26.4 Å². The standard InChI is InChI=1S/C17H24F3N3O4S/c1-3-13(2)21-16(24)12-22-7-9-23(10-8-22)28(25,26)15-6-4-5-14(11-15)27-17(18,19)20/h4-6,11,13H,3,7-10,12H2,1-2H3,(H,21,24). The number of benzene rings is 1. The lowest BCUT2D eigenvalue weighted by atomic mass is 10.2. The van der Waals surface area contributed by atoms with Crippen LogP contribution in [0.15, 0.2) is 29.2 Å². The number of halogens is 3. The van der Waals surface area contributed by atoms with Gasteiger partial charge < -0.3 is 10.1 Å². The molecule has 1 N–H and O–H groups in total. The summed E-state index contributed by atoms with van der Waals surface area (Å²) in [6.45, 7) is 5.03. The van der Waals surface area contributed by atoms with E-state index in [4.69, 9.17) is 0 Å². The lowest BCUT2D eigenvalue weighted by Gasteiger charge is -2.33. The molecule has 1 aromatic carbocycles. The fourth-order valence-corrected chi connectivity index (χ4v) is 4.19. The van der Waals surface area contributed by atoms with Gasteiger partial charge in [0.25, 0.3) is 0 Å². The van der Waals surface area contributed by atoms with E-state index < -0.39 is 22.1 Å². The monoisotopic (exact) mass is 423 g/mol. The summed E-state index contributed by atoms with van der Waals surface area (Å²) < 4.78 is 67.5. The molecular weight excluding hydrogens is 399 g/mol. The number of rotatable bonds is 7. The lowest BCUT2D eigenvalue weighted by molar-refractivity contribution is -0.274. The molecule has 1 amide bonds. The molecule has 11 heteroatoms. The van der Waals surface area contributed by atoms with E-state index in [1.807, 2.05) is 18.7 Å². The maximum Gasteiger partial charge on any atom is 0.573 e. The number of sulfonamides is 1. The molecule has 0 aromatic heterocycles. The predicted molar refractivity (Wildman–Crippen MR) is 96.2 cm³/mol. The molecule has 1 aromatic rings. The molecule has 0 radical (unpaired) electrons. The maximum atomic E-state index is 12.7. The number of hydrogen-bond donors (Lipinski definition) is 1. The zero-order valence-electron chi connectivity index (χ0n) is 15.7. The Hall–Kier alpha value is -1.85. The Morgan fingerprint density at radius 2 is 1.89 bits per heavy atom. The minimum atomic E-state index is -4.90. The Bertz CT molecular complexity index is 778. The smallest absolute Gasteiger partial charge is 0.406 e. The van der Waals surface area contributed by atoms with Crippen molar-refractivity contribution in [2.45, 2.75) is 37.6 Å². The zero-order chi connectivity index (χ0) is 20.9. The Morgan fingerprint density at radius 3 is 2.46 bits per heavy atom. The summed E-state index contributed by atoms with van der Waals surface area (Å²) in [6, 6.07) is 4.39. The molecule has 7 nitrogen and oxygen atoms in total. The van der Waals surface area contributed by atoms with E-state index in [-0.39, 0.29) is 36.5 Å². The molecule has 1 aliphatic heterocycles. The van der Waals surface area contributed by atoms with Gasteiger partial charge in [0.2, 0.25) is 15.9 Å². The fourth-order valence-electron chi connectivity index (χ4n) is 2.73. The number of nitrogens with zero attached hydrogens (tertiary/aromatic N) is 2. The van der Waals surface area contributed by atoms with Gasteiger partial charge in [-0.3, -0.25) is 9.69 Å². The predicted octanol–water partition coefficient (Wildman–Crippen LogP) is 1.81. The molecule has 0 spiro atoms. The van der Waals surface area contributed by atoms with Gasteiger partial charge in [-0.25, -0.2) is 8.42 Å². The van der Waals surface area contributed by atoms with Crippen molar-refractivity contribution in [3.8, 4) is 5.75 Å². The minimum Gasteiger partial charge on any atom is -0.406 e. The van der Waals surface area contributed by atoms with Crippen molar-refractivity contribution in [1.82, 2.24) is 14.5 Å². The lowest BCUT2D eigenvalue weighted by Crippen LogP contribution is -2.51. The van der Waals surface area contributed by atoms with Crippen molar-refractivity contribution in [2.75, 3.05) is 32.7 Å². The van der Waals surface area contributed by atoms with E-state index in [1.165, 1.54) is 16.4 Å². The van der Waals surface area contributed by atoms with Crippen molar-refractivity contribution in [3.05, 3.63) is 24.3 Å². The average molecular weight is 423 g/mol. The van der Waals surface area contributed by atoms with Gasteiger partial charge in [-0.15, -0.1) is 13.2 Å². The third-order valence-corrected chi connectivity index (χ3v) is 6.29. The first-order valence-electron chi connectivity index (χ1n) is 8.89. The van der Waals surface area contributed by atoms with Gasteiger partial charge in [0, 0.05) is 38.3 Å². The van der Waals surface area contributed by atoms with Crippen LogP contribution in [-0.2, 0) is 14.8 Å². The van der Waals surface area contributed by atoms with Gasteiger partial charge in [-0.2, -0.15) is 4.31 Å². The topological polar surface area (TPSA) is 79.0 Å². The van der Waals surface area contributed by atoms with Crippen molar-refractivity contribution in [1.29, 1.82) is 0 Å². The summed E-state index contributed by atoms with van der Waals surface area (Å²) in [4.78, 5) is 13.5. The van der Waals surface area contributed by atoms with Gasteiger partial charge in [-0.05, 0) is 25.5 Å². The van der Waals surface area contributed by atoms with Crippen LogP contribution in [0.4, 0.5) is 13.2 Å². The Morgan fingerprint density at radius 1 is 1.25 bits per heavy atom. The summed E-state index contributed by atoms with van der Waals surface area (Å²) in [5, 5.41) is 2.85. The van der Waals surface area contributed by atoms with Crippen molar-refractivity contribution in [3.63, 3.8) is 0 Å². The quantitative estimate of drug-likeness (QED) is 0.724. The molecule has 1 atom stereocenters. The SMILES string of the molecule is CCC(C)NC(=O)CN1CCN(S(=O)(=O)c2cccc(OC(F)(F)F)c2)CC1. The van der Waals surface area contributed by atoms with Gasteiger partial charge in [0.05, 0.1) is 11.4 Å². The van der Waals surface area contributed by atoms with Gasteiger partial charge in [0.1, 0.15) is 5.75 Å². The second kappa shape index (κ2) is 9.10. The van der Waals surface area contributed by atoms with Crippen LogP contribution in [0.25, 0.3) is 0 Å². The first-order chi connectivity index (χ1) is 13.0. The summed E-state index contributed by atoms with van der Waals surface area (Å²) in [5.74, 6) is -0.711. The van der Waals surface area contributed by atoms with E-state index in [1.54, 1.807) is 0 Å². The molecule has 1 fully saturated rings. The van der Waals surface area contributed by atoms with Crippen LogP contribution in [0.2, 0.25) is 0 Å². The van der Waals surface area contributed by atoms with Gasteiger partial charge >= 0.3 is 6.36 Å². The van der Waals surface area contributed by atoms with E-state index in [0.717, 1.165) is 18.6 Å². The molecule has 1 heterocycles. The summed E-state index contributed by atoms with van der Waals surface area (Å²) in [5.41, 5.74) is 0. The highest BCUT2D eigenvalue weighted by molar-refractivity contribution is 7.89. The fraction of sp³-hybridized carbons (Fsp3) is 0.588. The van der Waals surface area contributed by atoms with E-state index in [2.05, 4.69) is 10.1 Å².